The molecule has 2 aliphatic rings. The van der Waals surface area contributed by atoms with Crippen LogP contribution in [-0.4, -0.2) is 54.0 Å². The predicted octanol–water partition coefficient (Wildman–Crippen LogP) is 1.20. The monoisotopic (exact) mass is 271 g/mol. The van der Waals surface area contributed by atoms with Gasteiger partial charge < -0.3 is 19.5 Å². The molecule has 0 aliphatic carbocycles. The molecule has 0 radical (unpaired) electrons. The molecule has 2 saturated heterocycles. The molecule has 0 aromatic carbocycles. The molecule has 3 atom stereocenters. The number of amides is 1. The number of fused-ring (bicyclic) bond motifs is 1. The number of likely N-dealkylation sites (tertiary alicyclic amines) is 1. The molecule has 0 spiro atoms. The number of rotatable bonds is 1. The van der Waals surface area contributed by atoms with Gasteiger partial charge in [0, 0.05) is 19.0 Å². The minimum atomic E-state index is -0.847. The molecule has 6 heteroatoms. The van der Waals surface area contributed by atoms with Gasteiger partial charge in [0.1, 0.15) is 5.60 Å². The summed E-state index contributed by atoms with van der Waals surface area (Å²) in [5.41, 5.74) is -0.534. The third kappa shape index (κ3) is 3.18. The molecule has 0 bridgehead atoms. The summed E-state index contributed by atoms with van der Waals surface area (Å²) in [6, 6.07) is 0. The van der Waals surface area contributed by atoms with Crippen molar-refractivity contribution in [3.8, 4) is 0 Å². The van der Waals surface area contributed by atoms with Gasteiger partial charge >= 0.3 is 12.1 Å². The molecular weight excluding hydrogens is 250 g/mol. The van der Waals surface area contributed by atoms with Crippen molar-refractivity contribution in [2.75, 3.05) is 26.3 Å². The van der Waals surface area contributed by atoms with Crippen molar-refractivity contribution >= 4 is 12.1 Å². The van der Waals surface area contributed by atoms with Crippen molar-refractivity contribution < 1.29 is 24.2 Å². The summed E-state index contributed by atoms with van der Waals surface area (Å²) in [5, 5.41) is 9.18. The first-order chi connectivity index (χ1) is 8.78. The van der Waals surface area contributed by atoms with Gasteiger partial charge in [-0.15, -0.1) is 0 Å². The maximum Gasteiger partial charge on any atom is 0.410 e. The number of carboxylic acid groups (broad SMARTS) is 1. The maximum absolute atomic E-state index is 12.0. The highest BCUT2D eigenvalue weighted by molar-refractivity contribution is 5.72. The van der Waals surface area contributed by atoms with E-state index < -0.39 is 17.5 Å². The number of hydrogen-bond acceptors (Lipinski definition) is 4. The van der Waals surface area contributed by atoms with Crippen molar-refractivity contribution in [2.24, 2.45) is 17.8 Å². The number of ether oxygens (including phenoxy) is 2. The van der Waals surface area contributed by atoms with Gasteiger partial charge in [-0.3, -0.25) is 4.79 Å². The first-order valence-corrected chi connectivity index (χ1v) is 6.56. The smallest absolute Gasteiger partial charge is 0.410 e. The summed E-state index contributed by atoms with van der Waals surface area (Å²) in [5.74, 6) is -1.30. The summed E-state index contributed by atoms with van der Waals surface area (Å²) >= 11 is 0. The molecule has 0 saturated carbocycles. The van der Waals surface area contributed by atoms with E-state index in [1.165, 1.54) is 0 Å². The van der Waals surface area contributed by atoms with Crippen LogP contribution in [0.25, 0.3) is 0 Å². The number of carboxylic acids is 1. The molecular formula is C13H21NO5. The molecule has 1 amide bonds. The third-order valence-electron chi connectivity index (χ3n) is 3.61. The van der Waals surface area contributed by atoms with Crippen LogP contribution >= 0.6 is 0 Å². The quantitative estimate of drug-likeness (QED) is 0.775. The van der Waals surface area contributed by atoms with E-state index in [2.05, 4.69) is 0 Å². The molecule has 1 N–H and O–H groups in total. The van der Waals surface area contributed by atoms with Crippen LogP contribution in [-0.2, 0) is 14.3 Å². The van der Waals surface area contributed by atoms with Gasteiger partial charge in [0.15, 0.2) is 0 Å². The zero-order chi connectivity index (χ0) is 14.2. The fraction of sp³-hybridized carbons (Fsp3) is 0.846. The van der Waals surface area contributed by atoms with Gasteiger partial charge in [-0.2, -0.15) is 0 Å². The lowest BCUT2D eigenvalue weighted by atomic mass is 9.83. The van der Waals surface area contributed by atoms with Gasteiger partial charge in [-0.05, 0) is 26.7 Å². The Morgan fingerprint density at radius 3 is 2.53 bits per heavy atom. The Labute approximate surface area is 112 Å². The van der Waals surface area contributed by atoms with Crippen LogP contribution < -0.4 is 0 Å². The minimum Gasteiger partial charge on any atom is -0.481 e. The van der Waals surface area contributed by atoms with Crippen molar-refractivity contribution in [3.05, 3.63) is 0 Å². The SMILES string of the molecule is CC(C)(C)OC(=O)N1C[C@@H]2COC[C@@H](C(=O)O)[C@@H]2C1. The van der Waals surface area contributed by atoms with Crippen molar-refractivity contribution in [2.45, 2.75) is 26.4 Å². The Balaban J connectivity index is 2.01. The van der Waals surface area contributed by atoms with E-state index in [-0.39, 0.29) is 24.5 Å². The maximum atomic E-state index is 12.0. The molecule has 2 fully saturated rings. The molecule has 108 valence electrons. The lowest BCUT2D eigenvalue weighted by Crippen LogP contribution is -2.39. The van der Waals surface area contributed by atoms with E-state index in [1.54, 1.807) is 4.90 Å². The second-order valence-corrected chi connectivity index (χ2v) is 6.29. The minimum absolute atomic E-state index is 0.0289. The van der Waals surface area contributed by atoms with Crippen LogP contribution in [0.1, 0.15) is 20.8 Å². The molecule has 0 unspecified atom stereocenters. The standard InChI is InChI=1S/C13H21NO5/c1-13(2,3)19-12(17)14-4-8-6-18-7-10(11(15)16)9(8)5-14/h8-10H,4-7H2,1-3H3,(H,15,16)/t8-,9-,10-/m1/s1. The summed E-state index contributed by atoms with van der Waals surface area (Å²) in [4.78, 5) is 24.8. The average Bonchev–Trinajstić information content (AvgIpc) is 2.69. The molecule has 2 rings (SSSR count). The molecule has 0 aromatic heterocycles. The van der Waals surface area contributed by atoms with Gasteiger partial charge in [-0.1, -0.05) is 0 Å². The predicted molar refractivity (Wildman–Crippen MR) is 66.7 cm³/mol. The van der Waals surface area contributed by atoms with E-state index in [0.29, 0.717) is 19.7 Å². The first-order valence-electron chi connectivity index (χ1n) is 6.56. The van der Waals surface area contributed by atoms with Crippen LogP contribution in [0.3, 0.4) is 0 Å². The number of hydrogen-bond donors (Lipinski definition) is 1. The lowest BCUT2D eigenvalue weighted by molar-refractivity contribution is -0.150. The molecule has 2 heterocycles. The highest BCUT2D eigenvalue weighted by Crippen LogP contribution is 2.34. The summed E-state index contributed by atoms with van der Waals surface area (Å²) in [7, 11) is 0. The van der Waals surface area contributed by atoms with Crippen LogP contribution in [0.15, 0.2) is 0 Å². The Hall–Kier alpha value is -1.30. The Kier molecular flexibility index (Phi) is 3.71. The Bertz CT molecular complexity index is 376. The van der Waals surface area contributed by atoms with Crippen molar-refractivity contribution in [1.82, 2.24) is 4.90 Å². The van der Waals surface area contributed by atoms with Gasteiger partial charge in [0.05, 0.1) is 19.1 Å². The second-order valence-electron chi connectivity index (χ2n) is 6.29. The summed E-state index contributed by atoms with van der Waals surface area (Å²) in [6.45, 7) is 7.17. The van der Waals surface area contributed by atoms with Crippen LogP contribution in [0.5, 0.6) is 0 Å². The second kappa shape index (κ2) is 5.00. The van der Waals surface area contributed by atoms with Gasteiger partial charge in [0.25, 0.3) is 0 Å². The molecule has 2 aliphatic heterocycles. The van der Waals surface area contributed by atoms with Crippen LogP contribution in [0, 0.1) is 17.8 Å². The fourth-order valence-corrected chi connectivity index (χ4v) is 2.73. The molecule has 6 nitrogen and oxygen atoms in total. The highest BCUT2D eigenvalue weighted by Gasteiger charge is 2.46. The zero-order valence-electron chi connectivity index (χ0n) is 11.6. The van der Waals surface area contributed by atoms with Crippen LogP contribution in [0.2, 0.25) is 0 Å². The van der Waals surface area contributed by atoms with Crippen molar-refractivity contribution in [3.63, 3.8) is 0 Å². The van der Waals surface area contributed by atoms with E-state index >= 15 is 0 Å². The normalized spacial score (nSPS) is 30.9. The fourth-order valence-electron chi connectivity index (χ4n) is 2.73. The average molecular weight is 271 g/mol. The highest BCUT2D eigenvalue weighted by atomic mass is 16.6. The Morgan fingerprint density at radius 2 is 1.95 bits per heavy atom. The molecule has 0 aromatic rings. The zero-order valence-corrected chi connectivity index (χ0v) is 11.6. The summed E-state index contributed by atoms with van der Waals surface area (Å²) in [6.07, 6.45) is -0.369. The van der Waals surface area contributed by atoms with E-state index in [4.69, 9.17) is 9.47 Å². The van der Waals surface area contributed by atoms with Gasteiger partial charge in [0.2, 0.25) is 0 Å². The summed E-state index contributed by atoms with van der Waals surface area (Å²) < 4.78 is 10.6. The largest absolute Gasteiger partial charge is 0.481 e. The number of carbonyl (C=O) groups excluding carboxylic acids is 1. The lowest BCUT2D eigenvalue weighted by Gasteiger charge is -2.29. The van der Waals surface area contributed by atoms with E-state index in [1.807, 2.05) is 20.8 Å². The number of carbonyl (C=O) groups is 2. The first kappa shape index (κ1) is 14.1. The molecule has 19 heavy (non-hydrogen) atoms. The number of nitrogens with zero attached hydrogens (tertiary/aromatic N) is 1. The third-order valence-corrected chi connectivity index (χ3v) is 3.61. The van der Waals surface area contributed by atoms with E-state index in [9.17, 15) is 14.7 Å². The Morgan fingerprint density at radius 1 is 1.26 bits per heavy atom. The van der Waals surface area contributed by atoms with Crippen LogP contribution in [0.4, 0.5) is 4.79 Å². The van der Waals surface area contributed by atoms with Gasteiger partial charge in [-0.25, -0.2) is 4.79 Å². The van der Waals surface area contributed by atoms with E-state index in [0.717, 1.165) is 0 Å². The number of aliphatic carboxylic acids is 1. The van der Waals surface area contributed by atoms with Crippen molar-refractivity contribution in [1.29, 1.82) is 0 Å². The topological polar surface area (TPSA) is 76.1 Å².